The van der Waals surface area contributed by atoms with Crippen molar-refractivity contribution in [2.24, 2.45) is 0 Å². The van der Waals surface area contributed by atoms with Crippen LogP contribution in [0.1, 0.15) is 39.7 Å². The summed E-state index contributed by atoms with van der Waals surface area (Å²) in [5.41, 5.74) is 3.57. The highest BCUT2D eigenvalue weighted by molar-refractivity contribution is 7.18. The van der Waals surface area contributed by atoms with Crippen molar-refractivity contribution in [1.29, 1.82) is 0 Å². The van der Waals surface area contributed by atoms with Gasteiger partial charge in [-0.1, -0.05) is 17.3 Å². The Labute approximate surface area is 178 Å². The number of thiazole rings is 1. The molecule has 1 aliphatic heterocycles. The Balaban J connectivity index is 1.32. The SMILES string of the molecule is Cc1cc(C(=O)N2CCN([C@H](C)c3nc4ccccc4s3)CC2)c2c(C)noc2n1. The highest BCUT2D eigenvalue weighted by atomic mass is 32.1. The van der Waals surface area contributed by atoms with E-state index in [4.69, 9.17) is 9.51 Å². The van der Waals surface area contributed by atoms with E-state index >= 15 is 0 Å². The summed E-state index contributed by atoms with van der Waals surface area (Å²) in [5.74, 6) is 0.0177. The molecule has 1 atom stereocenters. The fraction of sp³-hybridized carbons (Fsp3) is 0.364. The Morgan fingerprint density at radius 1 is 1.13 bits per heavy atom. The number of piperazine rings is 1. The van der Waals surface area contributed by atoms with Crippen LogP contribution in [0.15, 0.2) is 34.9 Å². The second-order valence-corrected chi connectivity index (χ2v) is 8.85. The van der Waals surface area contributed by atoms with Gasteiger partial charge in [-0.05, 0) is 39.0 Å². The number of benzene rings is 1. The number of aromatic nitrogens is 3. The lowest BCUT2D eigenvalue weighted by molar-refractivity contribution is 0.0583. The Kier molecular flexibility index (Phi) is 4.75. The predicted octanol–water partition coefficient (Wildman–Crippen LogP) is 3.97. The number of nitrogens with zero attached hydrogens (tertiary/aromatic N) is 5. The summed E-state index contributed by atoms with van der Waals surface area (Å²) in [5, 5.41) is 5.84. The zero-order valence-corrected chi connectivity index (χ0v) is 18.1. The summed E-state index contributed by atoms with van der Waals surface area (Å²) in [6.07, 6.45) is 0. The number of carbonyl (C=O) groups excluding carboxylic acids is 1. The average molecular weight is 422 g/mol. The molecule has 5 rings (SSSR count). The van der Waals surface area contributed by atoms with Gasteiger partial charge in [0, 0.05) is 31.9 Å². The van der Waals surface area contributed by atoms with Crippen LogP contribution in [0.25, 0.3) is 21.3 Å². The minimum Gasteiger partial charge on any atom is -0.336 e. The third kappa shape index (κ3) is 3.26. The number of rotatable bonds is 3. The number of hydrogen-bond acceptors (Lipinski definition) is 7. The van der Waals surface area contributed by atoms with Gasteiger partial charge in [-0.2, -0.15) is 0 Å². The van der Waals surface area contributed by atoms with Crippen molar-refractivity contribution in [2.45, 2.75) is 26.8 Å². The summed E-state index contributed by atoms with van der Waals surface area (Å²) in [6.45, 7) is 8.91. The highest BCUT2D eigenvalue weighted by Gasteiger charge is 2.28. The van der Waals surface area contributed by atoms with Crippen LogP contribution in [-0.4, -0.2) is 57.0 Å². The fourth-order valence-electron chi connectivity index (χ4n) is 4.09. The van der Waals surface area contributed by atoms with Gasteiger partial charge in [0.25, 0.3) is 11.6 Å². The molecule has 1 saturated heterocycles. The fourth-order valence-corrected chi connectivity index (χ4v) is 5.15. The molecule has 1 aliphatic rings. The normalized spacial score (nSPS) is 16.4. The van der Waals surface area contributed by atoms with Gasteiger partial charge in [0.1, 0.15) is 5.01 Å². The van der Waals surface area contributed by atoms with Crippen LogP contribution in [0.3, 0.4) is 0 Å². The van der Waals surface area contributed by atoms with Crippen LogP contribution in [0, 0.1) is 13.8 Å². The quantitative estimate of drug-likeness (QED) is 0.498. The second kappa shape index (κ2) is 7.45. The lowest BCUT2D eigenvalue weighted by Gasteiger charge is -2.37. The topological polar surface area (TPSA) is 75.4 Å². The van der Waals surface area contributed by atoms with E-state index in [0.29, 0.717) is 30.1 Å². The zero-order chi connectivity index (χ0) is 20.8. The number of pyridine rings is 1. The molecule has 4 aromatic rings. The molecule has 0 bridgehead atoms. The number of aryl methyl sites for hydroxylation is 2. The molecule has 30 heavy (non-hydrogen) atoms. The molecule has 0 N–H and O–H groups in total. The van der Waals surface area contributed by atoms with Crippen LogP contribution in [0.5, 0.6) is 0 Å². The first kappa shape index (κ1) is 19.1. The zero-order valence-electron chi connectivity index (χ0n) is 17.3. The van der Waals surface area contributed by atoms with Gasteiger partial charge in [-0.3, -0.25) is 9.69 Å². The molecule has 1 aromatic carbocycles. The maximum Gasteiger partial charge on any atom is 0.258 e. The molecular formula is C22H23N5O2S. The van der Waals surface area contributed by atoms with E-state index in [-0.39, 0.29) is 11.9 Å². The first-order valence-corrected chi connectivity index (χ1v) is 11.0. The van der Waals surface area contributed by atoms with Crippen molar-refractivity contribution in [3.63, 3.8) is 0 Å². The predicted molar refractivity (Wildman–Crippen MR) is 117 cm³/mol. The van der Waals surface area contributed by atoms with E-state index in [9.17, 15) is 4.79 Å². The van der Waals surface area contributed by atoms with Crippen LogP contribution < -0.4 is 0 Å². The molecule has 3 aromatic heterocycles. The molecule has 0 spiro atoms. The van der Waals surface area contributed by atoms with Crippen molar-refractivity contribution in [2.75, 3.05) is 26.2 Å². The molecule has 0 aliphatic carbocycles. The number of amides is 1. The summed E-state index contributed by atoms with van der Waals surface area (Å²) in [7, 11) is 0. The third-order valence-corrected chi connectivity index (χ3v) is 7.00. The van der Waals surface area contributed by atoms with E-state index in [2.05, 4.69) is 34.1 Å². The molecular weight excluding hydrogens is 398 g/mol. The lowest BCUT2D eigenvalue weighted by atomic mass is 10.1. The number of fused-ring (bicyclic) bond motifs is 2. The molecule has 0 radical (unpaired) electrons. The van der Waals surface area contributed by atoms with Crippen molar-refractivity contribution < 1.29 is 9.32 Å². The average Bonchev–Trinajstić information content (AvgIpc) is 3.36. The molecule has 1 amide bonds. The van der Waals surface area contributed by atoms with Gasteiger partial charge in [0.15, 0.2) is 0 Å². The number of carbonyl (C=O) groups is 1. The molecule has 0 unspecified atom stereocenters. The van der Waals surface area contributed by atoms with E-state index in [1.165, 1.54) is 4.70 Å². The molecule has 8 heteroatoms. The summed E-state index contributed by atoms with van der Waals surface area (Å²) >= 11 is 1.75. The lowest BCUT2D eigenvalue weighted by Crippen LogP contribution is -2.49. The molecule has 7 nitrogen and oxygen atoms in total. The largest absolute Gasteiger partial charge is 0.336 e. The Bertz CT molecular complexity index is 1210. The summed E-state index contributed by atoms with van der Waals surface area (Å²) in [6, 6.07) is 10.3. The Hall–Kier alpha value is -2.84. The van der Waals surface area contributed by atoms with Gasteiger partial charge in [0.05, 0.1) is 32.9 Å². The van der Waals surface area contributed by atoms with Crippen molar-refractivity contribution in [3.8, 4) is 0 Å². The van der Waals surface area contributed by atoms with Crippen molar-refractivity contribution in [3.05, 3.63) is 52.3 Å². The smallest absolute Gasteiger partial charge is 0.258 e. The van der Waals surface area contributed by atoms with E-state index in [1.54, 1.807) is 11.3 Å². The van der Waals surface area contributed by atoms with Crippen LogP contribution in [0.4, 0.5) is 0 Å². The maximum absolute atomic E-state index is 13.3. The Morgan fingerprint density at radius 3 is 2.67 bits per heavy atom. The Morgan fingerprint density at radius 2 is 1.90 bits per heavy atom. The van der Waals surface area contributed by atoms with Gasteiger partial charge in [0.2, 0.25) is 0 Å². The van der Waals surface area contributed by atoms with Crippen LogP contribution in [-0.2, 0) is 0 Å². The van der Waals surface area contributed by atoms with E-state index in [1.807, 2.05) is 36.9 Å². The van der Waals surface area contributed by atoms with Crippen LogP contribution in [0.2, 0.25) is 0 Å². The summed E-state index contributed by atoms with van der Waals surface area (Å²) in [4.78, 5) is 26.8. The van der Waals surface area contributed by atoms with E-state index in [0.717, 1.165) is 34.7 Å². The first-order chi connectivity index (χ1) is 14.5. The molecule has 154 valence electrons. The standard InChI is InChI=1S/C22H23N5O2S/c1-13-12-16(19-14(2)25-29-20(19)23-13)22(28)27-10-8-26(9-11-27)15(3)21-24-17-6-4-5-7-18(17)30-21/h4-7,12,15H,8-11H2,1-3H3/t15-/m1/s1. The van der Waals surface area contributed by atoms with Gasteiger partial charge >= 0.3 is 0 Å². The van der Waals surface area contributed by atoms with Crippen molar-refractivity contribution >= 4 is 38.6 Å². The summed E-state index contributed by atoms with van der Waals surface area (Å²) < 4.78 is 6.50. The van der Waals surface area contributed by atoms with Gasteiger partial charge < -0.3 is 9.42 Å². The molecule has 4 heterocycles. The van der Waals surface area contributed by atoms with E-state index < -0.39 is 0 Å². The van der Waals surface area contributed by atoms with Crippen molar-refractivity contribution in [1.82, 2.24) is 24.9 Å². The minimum atomic E-state index is 0.0177. The van der Waals surface area contributed by atoms with Crippen LogP contribution >= 0.6 is 11.3 Å². The third-order valence-electron chi connectivity index (χ3n) is 5.79. The van der Waals surface area contributed by atoms with Gasteiger partial charge in [-0.25, -0.2) is 9.97 Å². The minimum absolute atomic E-state index is 0.0177. The molecule has 1 fully saturated rings. The maximum atomic E-state index is 13.3. The number of para-hydroxylation sites is 1. The monoisotopic (exact) mass is 421 g/mol. The highest BCUT2D eigenvalue weighted by Crippen LogP contribution is 2.30. The first-order valence-electron chi connectivity index (χ1n) is 10.1. The second-order valence-electron chi connectivity index (χ2n) is 7.78. The van der Waals surface area contributed by atoms with Gasteiger partial charge in [-0.15, -0.1) is 11.3 Å². The molecule has 0 saturated carbocycles. The number of hydrogen-bond donors (Lipinski definition) is 0.